The van der Waals surface area contributed by atoms with Gasteiger partial charge in [0.15, 0.2) is 0 Å². The highest BCUT2D eigenvalue weighted by Gasteiger charge is 2.41. The van der Waals surface area contributed by atoms with E-state index in [2.05, 4.69) is 29.7 Å². The fourth-order valence-electron chi connectivity index (χ4n) is 4.38. The molecule has 0 spiro atoms. The largest absolute Gasteiger partial charge is 0.335 e. The van der Waals surface area contributed by atoms with Crippen LogP contribution in [0.15, 0.2) is 48.5 Å². The van der Waals surface area contributed by atoms with Crippen molar-refractivity contribution >= 4 is 6.03 Å². The van der Waals surface area contributed by atoms with Gasteiger partial charge in [-0.2, -0.15) is 0 Å². The Morgan fingerprint density at radius 2 is 1.85 bits per heavy atom. The summed E-state index contributed by atoms with van der Waals surface area (Å²) >= 11 is 0. The van der Waals surface area contributed by atoms with Gasteiger partial charge in [-0.3, -0.25) is 0 Å². The van der Waals surface area contributed by atoms with Crippen LogP contribution in [-0.4, -0.2) is 36.1 Å². The van der Waals surface area contributed by atoms with Gasteiger partial charge in [-0.15, -0.1) is 0 Å². The lowest BCUT2D eigenvalue weighted by molar-refractivity contribution is 0.136. The fourth-order valence-corrected chi connectivity index (χ4v) is 4.38. The van der Waals surface area contributed by atoms with Crippen molar-refractivity contribution in [3.05, 3.63) is 71.0 Å². The van der Waals surface area contributed by atoms with Crippen LogP contribution in [0.2, 0.25) is 0 Å². The van der Waals surface area contributed by atoms with Crippen LogP contribution >= 0.6 is 0 Å². The maximum Gasteiger partial charge on any atom is 0.318 e. The highest BCUT2D eigenvalue weighted by Crippen LogP contribution is 2.36. The molecule has 4 nitrogen and oxygen atoms in total. The van der Waals surface area contributed by atoms with Crippen LogP contribution in [0.25, 0.3) is 0 Å². The standard InChI is InChI=1S/C22H26FN3O/c1-22(24-2)13-18(14-22)25-21(27)26-12-11-15-5-3-4-6-19(15)20(26)16-7-9-17(23)10-8-16/h3-10,18,20,24H,11-14H2,1-2H3,(H,25,27)/t18-,20-,22+/m0/s1. The summed E-state index contributed by atoms with van der Waals surface area (Å²) in [5.41, 5.74) is 3.43. The van der Waals surface area contributed by atoms with Crippen molar-refractivity contribution in [3.63, 3.8) is 0 Å². The van der Waals surface area contributed by atoms with E-state index in [-0.39, 0.29) is 29.5 Å². The minimum Gasteiger partial charge on any atom is -0.335 e. The SMILES string of the molecule is CN[C@]1(C)C[C@H](NC(=O)N2CCc3ccccc3[C@@H]2c2ccc(F)cc2)C1. The minimum atomic E-state index is -0.264. The number of nitrogens with zero attached hydrogens (tertiary/aromatic N) is 1. The second-order valence-electron chi connectivity index (χ2n) is 7.96. The van der Waals surface area contributed by atoms with E-state index >= 15 is 0 Å². The fraction of sp³-hybridized carbons (Fsp3) is 0.409. The van der Waals surface area contributed by atoms with Gasteiger partial charge in [-0.1, -0.05) is 36.4 Å². The first kappa shape index (κ1) is 18.0. The summed E-state index contributed by atoms with van der Waals surface area (Å²) in [7, 11) is 1.96. The third kappa shape index (κ3) is 3.44. The molecule has 0 unspecified atom stereocenters. The Hall–Kier alpha value is -2.40. The molecule has 27 heavy (non-hydrogen) atoms. The zero-order valence-electron chi connectivity index (χ0n) is 15.8. The van der Waals surface area contributed by atoms with Gasteiger partial charge in [0.25, 0.3) is 0 Å². The van der Waals surface area contributed by atoms with Crippen LogP contribution in [-0.2, 0) is 6.42 Å². The molecule has 1 heterocycles. The van der Waals surface area contributed by atoms with Crippen LogP contribution in [0, 0.1) is 5.82 Å². The lowest BCUT2D eigenvalue weighted by Crippen LogP contribution is -2.61. The molecule has 1 saturated carbocycles. The summed E-state index contributed by atoms with van der Waals surface area (Å²) in [6, 6.07) is 14.7. The Balaban J connectivity index is 1.59. The molecule has 0 saturated heterocycles. The minimum absolute atomic E-state index is 0.0398. The van der Waals surface area contributed by atoms with Crippen molar-refractivity contribution in [2.75, 3.05) is 13.6 Å². The molecule has 2 aromatic rings. The van der Waals surface area contributed by atoms with E-state index in [0.29, 0.717) is 6.54 Å². The molecule has 142 valence electrons. The van der Waals surface area contributed by atoms with Crippen molar-refractivity contribution < 1.29 is 9.18 Å². The summed E-state index contributed by atoms with van der Waals surface area (Å²) in [4.78, 5) is 15.0. The summed E-state index contributed by atoms with van der Waals surface area (Å²) in [6.07, 6.45) is 2.70. The highest BCUT2D eigenvalue weighted by atomic mass is 19.1. The molecule has 5 heteroatoms. The Bertz CT molecular complexity index is 830. The zero-order chi connectivity index (χ0) is 19.0. The van der Waals surface area contributed by atoms with Crippen LogP contribution in [0.1, 0.15) is 42.5 Å². The smallest absolute Gasteiger partial charge is 0.318 e. The number of nitrogens with one attached hydrogen (secondary N) is 2. The number of halogens is 1. The normalized spacial score (nSPS) is 26.9. The summed E-state index contributed by atoms with van der Waals surface area (Å²) in [6.45, 7) is 2.83. The van der Waals surface area contributed by atoms with Crippen molar-refractivity contribution in [3.8, 4) is 0 Å². The Labute approximate surface area is 159 Å². The molecule has 1 aliphatic heterocycles. The molecule has 2 N–H and O–H groups in total. The van der Waals surface area contributed by atoms with Crippen molar-refractivity contribution in [2.45, 2.75) is 43.8 Å². The molecule has 1 aliphatic carbocycles. The summed E-state index contributed by atoms with van der Waals surface area (Å²) < 4.78 is 13.4. The predicted molar refractivity (Wildman–Crippen MR) is 104 cm³/mol. The number of amides is 2. The van der Waals surface area contributed by atoms with Gasteiger partial charge >= 0.3 is 6.03 Å². The van der Waals surface area contributed by atoms with Crippen LogP contribution in [0.3, 0.4) is 0 Å². The van der Waals surface area contributed by atoms with Crippen LogP contribution in [0.4, 0.5) is 9.18 Å². The van der Waals surface area contributed by atoms with E-state index in [1.54, 1.807) is 12.1 Å². The Morgan fingerprint density at radius 1 is 1.15 bits per heavy atom. The maximum atomic E-state index is 13.4. The topological polar surface area (TPSA) is 44.4 Å². The number of hydrogen-bond acceptors (Lipinski definition) is 2. The number of benzene rings is 2. The molecule has 2 amide bonds. The highest BCUT2D eigenvalue weighted by molar-refractivity contribution is 5.76. The van der Waals surface area contributed by atoms with Gasteiger partial charge in [0, 0.05) is 18.1 Å². The molecule has 0 bridgehead atoms. The number of carbonyl (C=O) groups is 1. The summed E-state index contributed by atoms with van der Waals surface area (Å²) in [5, 5.41) is 6.50. The molecule has 2 aromatic carbocycles. The second kappa shape index (κ2) is 6.97. The van der Waals surface area contributed by atoms with E-state index in [0.717, 1.165) is 30.4 Å². The molecule has 4 rings (SSSR count). The first-order chi connectivity index (χ1) is 13.0. The van der Waals surface area contributed by atoms with E-state index in [1.165, 1.54) is 17.7 Å². The molecule has 2 aliphatic rings. The van der Waals surface area contributed by atoms with Crippen LogP contribution in [0.5, 0.6) is 0 Å². The number of rotatable bonds is 3. The zero-order valence-corrected chi connectivity index (χ0v) is 15.8. The van der Waals surface area contributed by atoms with E-state index in [9.17, 15) is 9.18 Å². The molecule has 0 radical (unpaired) electrons. The molecule has 0 aromatic heterocycles. The van der Waals surface area contributed by atoms with Gasteiger partial charge in [0.1, 0.15) is 5.82 Å². The van der Waals surface area contributed by atoms with Gasteiger partial charge in [-0.25, -0.2) is 9.18 Å². The Kier molecular flexibility index (Phi) is 4.64. The average Bonchev–Trinajstić information content (AvgIpc) is 2.66. The van der Waals surface area contributed by atoms with Gasteiger partial charge in [0.05, 0.1) is 6.04 Å². The average molecular weight is 367 g/mol. The third-order valence-electron chi connectivity index (χ3n) is 6.06. The molecular weight excluding hydrogens is 341 g/mol. The number of fused-ring (bicyclic) bond motifs is 1. The van der Waals surface area contributed by atoms with Crippen molar-refractivity contribution in [1.82, 2.24) is 15.5 Å². The quantitative estimate of drug-likeness (QED) is 0.870. The van der Waals surface area contributed by atoms with E-state index in [4.69, 9.17) is 0 Å². The third-order valence-corrected chi connectivity index (χ3v) is 6.06. The monoisotopic (exact) mass is 367 g/mol. The van der Waals surface area contributed by atoms with Crippen LogP contribution < -0.4 is 10.6 Å². The van der Waals surface area contributed by atoms with Gasteiger partial charge in [-0.05, 0) is 62.1 Å². The number of carbonyl (C=O) groups excluding carboxylic acids is 1. The molecular formula is C22H26FN3O. The van der Waals surface area contributed by atoms with Crippen molar-refractivity contribution in [2.24, 2.45) is 0 Å². The van der Waals surface area contributed by atoms with E-state index < -0.39 is 0 Å². The second-order valence-corrected chi connectivity index (χ2v) is 7.96. The molecule has 1 atom stereocenters. The van der Waals surface area contributed by atoms with Gasteiger partial charge in [0.2, 0.25) is 0 Å². The Morgan fingerprint density at radius 3 is 2.56 bits per heavy atom. The lowest BCUT2D eigenvalue weighted by Gasteiger charge is -2.46. The lowest BCUT2D eigenvalue weighted by atomic mass is 9.74. The molecule has 1 fully saturated rings. The summed E-state index contributed by atoms with van der Waals surface area (Å²) in [5.74, 6) is -0.264. The number of hydrogen-bond donors (Lipinski definition) is 2. The first-order valence-corrected chi connectivity index (χ1v) is 9.58. The first-order valence-electron chi connectivity index (χ1n) is 9.58. The number of urea groups is 1. The van der Waals surface area contributed by atoms with Crippen molar-refractivity contribution in [1.29, 1.82) is 0 Å². The predicted octanol–water partition coefficient (Wildman–Crippen LogP) is 3.62. The van der Waals surface area contributed by atoms with Gasteiger partial charge < -0.3 is 15.5 Å². The van der Waals surface area contributed by atoms with E-state index in [1.807, 2.05) is 24.1 Å². The maximum absolute atomic E-state index is 13.4.